The first-order valence-corrected chi connectivity index (χ1v) is 11.8. The molecule has 0 aliphatic carbocycles. The Hall–Kier alpha value is -2.14. The van der Waals surface area contributed by atoms with Gasteiger partial charge in [0.05, 0.1) is 17.8 Å². The molecule has 154 valence electrons. The van der Waals surface area contributed by atoms with Gasteiger partial charge in [0.15, 0.2) is 0 Å². The van der Waals surface area contributed by atoms with E-state index in [9.17, 15) is 17.6 Å². The summed E-state index contributed by atoms with van der Waals surface area (Å²) < 4.78 is 39.1. The summed E-state index contributed by atoms with van der Waals surface area (Å²) in [7, 11) is -3.17. The van der Waals surface area contributed by atoms with E-state index in [-0.39, 0.29) is 17.1 Å². The summed E-state index contributed by atoms with van der Waals surface area (Å²) in [6, 6.07) is 7.98. The molecule has 1 aliphatic rings. The number of benzene rings is 1. The van der Waals surface area contributed by atoms with Crippen LogP contribution in [0.1, 0.15) is 12.7 Å². The predicted octanol–water partition coefficient (Wildman–Crippen LogP) is 2.26. The SMILES string of the molecule is CCS(=O)(=O)N1CCN(Cc2nc3cc(-c4ccc(F)cc4)sc3c(=O)[nH]2)CC1. The number of nitrogens with zero attached hydrogens (tertiary/aromatic N) is 3. The molecule has 7 nitrogen and oxygen atoms in total. The van der Waals surface area contributed by atoms with Gasteiger partial charge in [-0.15, -0.1) is 11.3 Å². The molecule has 3 aromatic rings. The first-order valence-electron chi connectivity index (χ1n) is 9.34. The van der Waals surface area contributed by atoms with Crippen LogP contribution in [0.2, 0.25) is 0 Å². The molecule has 0 unspecified atom stereocenters. The highest BCUT2D eigenvalue weighted by Crippen LogP contribution is 2.31. The van der Waals surface area contributed by atoms with Gasteiger partial charge in [-0.05, 0) is 30.7 Å². The average molecular weight is 437 g/mol. The van der Waals surface area contributed by atoms with Crippen LogP contribution in [0.5, 0.6) is 0 Å². The van der Waals surface area contributed by atoms with Gasteiger partial charge in [-0.3, -0.25) is 9.69 Å². The Morgan fingerprint density at radius 3 is 2.52 bits per heavy atom. The van der Waals surface area contributed by atoms with Gasteiger partial charge in [0.25, 0.3) is 5.56 Å². The minimum atomic E-state index is -3.17. The van der Waals surface area contributed by atoms with E-state index in [2.05, 4.69) is 14.9 Å². The van der Waals surface area contributed by atoms with Crippen molar-refractivity contribution < 1.29 is 12.8 Å². The zero-order valence-electron chi connectivity index (χ0n) is 15.9. The number of aromatic amines is 1. The Labute approximate surface area is 171 Å². The fourth-order valence-corrected chi connectivity index (χ4v) is 5.46. The van der Waals surface area contributed by atoms with Crippen LogP contribution >= 0.6 is 11.3 Å². The maximum Gasteiger partial charge on any atom is 0.268 e. The molecule has 1 aliphatic heterocycles. The van der Waals surface area contributed by atoms with Crippen molar-refractivity contribution >= 4 is 31.6 Å². The summed E-state index contributed by atoms with van der Waals surface area (Å²) in [6.07, 6.45) is 0. The lowest BCUT2D eigenvalue weighted by atomic mass is 10.2. The molecule has 1 fully saturated rings. The van der Waals surface area contributed by atoms with Gasteiger partial charge in [0, 0.05) is 31.1 Å². The zero-order chi connectivity index (χ0) is 20.6. The minimum Gasteiger partial charge on any atom is -0.308 e. The summed E-state index contributed by atoms with van der Waals surface area (Å²) in [4.78, 5) is 22.9. The van der Waals surface area contributed by atoms with E-state index < -0.39 is 10.0 Å². The molecule has 0 spiro atoms. The number of rotatable bonds is 5. The molecule has 10 heteroatoms. The van der Waals surface area contributed by atoms with Gasteiger partial charge in [-0.25, -0.2) is 17.8 Å². The van der Waals surface area contributed by atoms with Crippen LogP contribution in [-0.2, 0) is 16.6 Å². The molecule has 0 bridgehead atoms. The Kier molecular flexibility index (Phi) is 5.52. The van der Waals surface area contributed by atoms with E-state index in [1.807, 2.05) is 6.07 Å². The molecule has 29 heavy (non-hydrogen) atoms. The zero-order valence-corrected chi connectivity index (χ0v) is 17.5. The number of H-pyrrole nitrogens is 1. The molecule has 2 aromatic heterocycles. The summed E-state index contributed by atoms with van der Waals surface area (Å²) in [5.74, 6) is 0.352. The molecule has 3 heterocycles. The summed E-state index contributed by atoms with van der Waals surface area (Å²) in [6.45, 7) is 4.15. The fraction of sp³-hybridized carbons (Fsp3) is 0.368. The van der Waals surface area contributed by atoms with E-state index in [1.165, 1.54) is 27.8 Å². The second-order valence-corrected chi connectivity index (χ2v) is 10.2. The maximum absolute atomic E-state index is 13.2. The molecule has 0 amide bonds. The largest absolute Gasteiger partial charge is 0.308 e. The monoisotopic (exact) mass is 436 g/mol. The second kappa shape index (κ2) is 7.94. The van der Waals surface area contributed by atoms with E-state index in [1.54, 1.807) is 19.1 Å². The highest BCUT2D eigenvalue weighted by Gasteiger charge is 2.25. The van der Waals surface area contributed by atoms with Crippen LogP contribution in [-0.4, -0.2) is 59.5 Å². The van der Waals surface area contributed by atoms with Crippen LogP contribution in [0.25, 0.3) is 20.7 Å². The molecule has 1 saturated heterocycles. The highest BCUT2D eigenvalue weighted by atomic mass is 32.2. The quantitative estimate of drug-likeness (QED) is 0.663. The van der Waals surface area contributed by atoms with Crippen molar-refractivity contribution in [2.75, 3.05) is 31.9 Å². The molecule has 0 radical (unpaired) electrons. The third-order valence-electron chi connectivity index (χ3n) is 5.02. The maximum atomic E-state index is 13.2. The van der Waals surface area contributed by atoms with Gasteiger partial charge >= 0.3 is 0 Å². The number of piperazine rings is 1. The summed E-state index contributed by atoms with van der Waals surface area (Å²) >= 11 is 1.33. The van der Waals surface area contributed by atoms with E-state index in [0.717, 1.165) is 10.4 Å². The lowest BCUT2D eigenvalue weighted by molar-refractivity contribution is 0.178. The molecule has 0 atom stereocenters. The van der Waals surface area contributed by atoms with Crippen LogP contribution in [0.4, 0.5) is 4.39 Å². The van der Waals surface area contributed by atoms with Crippen LogP contribution in [0.15, 0.2) is 35.1 Å². The predicted molar refractivity (Wildman–Crippen MR) is 112 cm³/mol. The standard InChI is InChI=1S/C19H21FN4O3S2/c1-2-29(26,27)24-9-7-23(8-10-24)12-17-21-15-11-16(28-18(15)19(25)22-17)13-3-5-14(20)6-4-13/h3-6,11H,2,7-10,12H2,1H3,(H,21,22,25). The number of aromatic nitrogens is 2. The average Bonchev–Trinajstić information content (AvgIpc) is 3.14. The fourth-order valence-electron chi connectivity index (χ4n) is 3.38. The topological polar surface area (TPSA) is 86.4 Å². The van der Waals surface area contributed by atoms with Crippen molar-refractivity contribution in [3.8, 4) is 10.4 Å². The summed E-state index contributed by atoms with van der Waals surface area (Å²) in [5.41, 5.74) is 1.25. The van der Waals surface area contributed by atoms with Crippen molar-refractivity contribution in [1.29, 1.82) is 0 Å². The number of nitrogens with one attached hydrogen (secondary N) is 1. The molecule has 1 aromatic carbocycles. The number of hydrogen-bond acceptors (Lipinski definition) is 6. The minimum absolute atomic E-state index is 0.104. The lowest BCUT2D eigenvalue weighted by Gasteiger charge is -2.33. The van der Waals surface area contributed by atoms with Gasteiger partial charge in [-0.1, -0.05) is 12.1 Å². The number of halogens is 1. The second-order valence-electron chi connectivity index (χ2n) is 6.92. The number of sulfonamides is 1. The molecular weight excluding hydrogens is 415 g/mol. The molecule has 1 N–H and O–H groups in total. The third kappa shape index (κ3) is 4.25. The number of fused-ring (bicyclic) bond motifs is 1. The van der Waals surface area contributed by atoms with Crippen molar-refractivity contribution in [3.63, 3.8) is 0 Å². The first kappa shape index (κ1) is 20.1. The molecular formula is C19H21FN4O3S2. The molecule has 4 rings (SSSR count). The van der Waals surface area contributed by atoms with Gasteiger partial charge in [-0.2, -0.15) is 4.31 Å². The van der Waals surface area contributed by atoms with Gasteiger partial charge < -0.3 is 4.98 Å². The number of hydrogen-bond donors (Lipinski definition) is 1. The highest BCUT2D eigenvalue weighted by molar-refractivity contribution is 7.89. The Morgan fingerprint density at radius 1 is 1.17 bits per heavy atom. The van der Waals surface area contributed by atoms with Crippen molar-refractivity contribution in [2.24, 2.45) is 0 Å². The lowest BCUT2D eigenvalue weighted by Crippen LogP contribution is -2.48. The molecule has 0 saturated carbocycles. The Bertz CT molecular complexity index is 1180. The summed E-state index contributed by atoms with van der Waals surface area (Å²) in [5, 5.41) is 0. The van der Waals surface area contributed by atoms with E-state index in [4.69, 9.17) is 0 Å². The number of thiophene rings is 1. The van der Waals surface area contributed by atoms with Crippen molar-refractivity contribution in [3.05, 3.63) is 52.3 Å². The normalized spacial score (nSPS) is 16.5. The van der Waals surface area contributed by atoms with Crippen LogP contribution < -0.4 is 5.56 Å². The Morgan fingerprint density at radius 2 is 1.86 bits per heavy atom. The van der Waals surface area contributed by atoms with Gasteiger partial charge in [0.2, 0.25) is 10.0 Å². The van der Waals surface area contributed by atoms with E-state index in [0.29, 0.717) is 48.8 Å². The smallest absolute Gasteiger partial charge is 0.268 e. The van der Waals surface area contributed by atoms with Crippen molar-refractivity contribution in [2.45, 2.75) is 13.5 Å². The Balaban J connectivity index is 1.52. The van der Waals surface area contributed by atoms with Crippen LogP contribution in [0.3, 0.4) is 0 Å². The first-order chi connectivity index (χ1) is 13.9. The van der Waals surface area contributed by atoms with Crippen molar-refractivity contribution in [1.82, 2.24) is 19.2 Å². The van der Waals surface area contributed by atoms with Gasteiger partial charge in [0.1, 0.15) is 16.3 Å². The van der Waals surface area contributed by atoms with Crippen LogP contribution in [0, 0.1) is 5.82 Å². The third-order valence-corrected chi connectivity index (χ3v) is 8.08. The van der Waals surface area contributed by atoms with E-state index >= 15 is 0 Å².